The fraction of sp³-hybridized carbons (Fsp3) is 0.667. The first-order chi connectivity index (χ1) is 5.52. The third-order valence-corrected chi connectivity index (χ3v) is 1.28. The molecular formula is C9H14NO2. The van der Waals surface area contributed by atoms with Crippen LogP contribution in [0.5, 0.6) is 0 Å². The zero-order valence-electron chi connectivity index (χ0n) is 7.76. The molecule has 0 amide bonds. The van der Waals surface area contributed by atoms with Gasteiger partial charge < -0.3 is 4.74 Å². The maximum atomic E-state index is 11.0. The largest absolute Gasteiger partial charge is 0.444 e. The van der Waals surface area contributed by atoms with Crippen molar-refractivity contribution in [2.75, 3.05) is 0 Å². The second-order valence-electron chi connectivity index (χ2n) is 3.04. The molecule has 0 aromatic carbocycles. The fourth-order valence-corrected chi connectivity index (χ4v) is 0.621. The Labute approximate surface area is 73.3 Å². The number of carbonyl (C=O) groups is 1. The van der Waals surface area contributed by atoms with Gasteiger partial charge in [-0.2, -0.15) is 5.26 Å². The van der Waals surface area contributed by atoms with Gasteiger partial charge in [-0.15, -0.1) is 0 Å². The number of nitriles is 1. The molecule has 3 heteroatoms. The second-order valence-corrected chi connectivity index (χ2v) is 3.04. The van der Waals surface area contributed by atoms with E-state index in [0.29, 0.717) is 12.8 Å². The maximum absolute atomic E-state index is 11.0. The summed E-state index contributed by atoms with van der Waals surface area (Å²) in [4.78, 5) is 11.0. The van der Waals surface area contributed by atoms with Crippen LogP contribution in [-0.2, 0) is 9.53 Å². The number of hydrogen-bond donors (Lipinski definition) is 0. The highest BCUT2D eigenvalue weighted by atomic mass is 16.6. The van der Waals surface area contributed by atoms with E-state index >= 15 is 0 Å². The minimum absolute atomic E-state index is 0.320. The van der Waals surface area contributed by atoms with E-state index in [4.69, 9.17) is 10.00 Å². The second kappa shape index (κ2) is 4.76. The number of carbonyl (C=O) groups excluding carboxylic acids is 1. The molecule has 0 saturated carbocycles. The third kappa shape index (κ3) is 4.73. The molecule has 0 aromatic rings. The molecule has 12 heavy (non-hydrogen) atoms. The predicted molar refractivity (Wildman–Crippen MR) is 45.0 cm³/mol. The van der Waals surface area contributed by atoms with Crippen LogP contribution in [0.4, 0.5) is 0 Å². The van der Waals surface area contributed by atoms with E-state index in [2.05, 4.69) is 0 Å². The SMILES string of the molecule is C[CH]CCC(=O)OC(C)(C)C#N. The molecule has 0 aliphatic rings. The van der Waals surface area contributed by atoms with Crippen LogP contribution in [0.15, 0.2) is 0 Å². The molecule has 0 rings (SSSR count). The van der Waals surface area contributed by atoms with Gasteiger partial charge in [-0.3, -0.25) is 4.79 Å². The average Bonchev–Trinajstić information content (AvgIpc) is 2.00. The lowest BCUT2D eigenvalue weighted by atomic mass is 10.2. The Hall–Kier alpha value is -1.04. The summed E-state index contributed by atoms with van der Waals surface area (Å²) in [5.41, 5.74) is -0.995. The van der Waals surface area contributed by atoms with Gasteiger partial charge in [0.05, 0.1) is 0 Å². The summed E-state index contributed by atoms with van der Waals surface area (Å²) in [7, 11) is 0. The van der Waals surface area contributed by atoms with E-state index in [0.717, 1.165) is 0 Å². The Balaban J connectivity index is 3.78. The molecule has 0 aliphatic carbocycles. The van der Waals surface area contributed by atoms with Crippen LogP contribution in [0.1, 0.15) is 33.6 Å². The predicted octanol–water partition coefficient (Wildman–Crippen LogP) is 1.84. The fourth-order valence-electron chi connectivity index (χ4n) is 0.621. The highest BCUT2D eigenvalue weighted by Crippen LogP contribution is 2.09. The Kier molecular flexibility index (Phi) is 4.35. The quantitative estimate of drug-likeness (QED) is 0.602. The van der Waals surface area contributed by atoms with Gasteiger partial charge in [0.25, 0.3) is 0 Å². The zero-order chi connectivity index (χ0) is 9.61. The van der Waals surface area contributed by atoms with E-state index in [1.54, 1.807) is 13.8 Å². The number of rotatable bonds is 4. The van der Waals surface area contributed by atoms with Gasteiger partial charge >= 0.3 is 5.97 Å². The molecule has 0 fully saturated rings. The van der Waals surface area contributed by atoms with E-state index in [1.807, 2.05) is 19.4 Å². The van der Waals surface area contributed by atoms with Crippen LogP contribution >= 0.6 is 0 Å². The minimum atomic E-state index is -0.995. The monoisotopic (exact) mass is 168 g/mol. The lowest BCUT2D eigenvalue weighted by Crippen LogP contribution is -2.25. The molecule has 0 atom stereocenters. The first kappa shape index (κ1) is 11.0. The Morgan fingerprint density at radius 2 is 2.25 bits per heavy atom. The van der Waals surface area contributed by atoms with Crippen LogP contribution in [-0.4, -0.2) is 11.6 Å². The molecule has 0 spiro atoms. The molecule has 0 aromatic heterocycles. The topological polar surface area (TPSA) is 50.1 Å². The van der Waals surface area contributed by atoms with Crippen molar-refractivity contribution in [2.45, 2.75) is 39.2 Å². The van der Waals surface area contributed by atoms with Crippen molar-refractivity contribution in [3.8, 4) is 6.07 Å². The van der Waals surface area contributed by atoms with Crippen LogP contribution < -0.4 is 0 Å². The van der Waals surface area contributed by atoms with Crippen molar-refractivity contribution in [3.05, 3.63) is 6.42 Å². The van der Waals surface area contributed by atoms with Crippen molar-refractivity contribution >= 4 is 5.97 Å². The molecule has 0 heterocycles. The summed E-state index contributed by atoms with van der Waals surface area (Å²) in [5, 5.41) is 8.53. The standard InChI is InChI=1S/C9H14NO2/c1-4-5-6-8(11)12-9(2,3)7-10/h4H,5-6H2,1-3H3. The lowest BCUT2D eigenvalue weighted by Gasteiger charge is -2.15. The number of unbranched alkanes of at least 4 members (excludes halogenated alkanes) is 1. The first-order valence-corrected chi connectivity index (χ1v) is 3.93. The summed E-state index contributed by atoms with van der Waals surface area (Å²) in [6.45, 7) is 5.02. The smallest absolute Gasteiger partial charge is 0.307 e. The van der Waals surface area contributed by atoms with Crippen LogP contribution in [0.2, 0.25) is 0 Å². The van der Waals surface area contributed by atoms with E-state index < -0.39 is 5.60 Å². The van der Waals surface area contributed by atoms with Gasteiger partial charge in [0.15, 0.2) is 5.60 Å². The van der Waals surface area contributed by atoms with Crippen LogP contribution in [0.3, 0.4) is 0 Å². The van der Waals surface area contributed by atoms with Crippen molar-refractivity contribution in [3.63, 3.8) is 0 Å². The van der Waals surface area contributed by atoms with Crippen molar-refractivity contribution < 1.29 is 9.53 Å². The number of nitrogens with zero attached hydrogens (tertiary/aromatic N) is 1. The summed E-state index contributed by atoms with van der Waals surface area (Å²) >= 11 is 0. The normalized spacial score (nSPS) is 10.5. The molecule has 3 nitrogen and oxygen atoms in total. The molecule has 1 radical (unpaired) electrons. The van der Waals surface area contributed by atoms with Gasteiger partial charge in [-0.05, 0) is 26.7 Å². The van der Waals surface area contributed by atoms with Crippen LogP contribution in [0.25, 0.3) is 0 Å². The number of hydrogen-bond acceptors (Lipinski definition) is 3. The van der Waals surface area contributed by atoms with Gasteiger partial charge in [0.2, 0.25) is 0 Å². The summed E-state index contributed by atoms with van der Waals surface area (Å²) in [6, 6.07) is 1.90. The Bertz CT molecular complexity index is 191. The molecule has 0 N–H and O–H groups in total. The molecule has 0 aliphatic heterocycles. The molecule has 0 bridgehead atoms. The van der Waals surface area contributed by atoms with E-state index in [9.17, 15) is 4.79 Å². The molecule has 0 unspecified atom stereocenters. The summed E-state index contributed by atoms with van der Waals surface area (Å²) in [6.07, 6.45) is 2.93. The van der Waals surface area contributed by atoms with Crippen molar-refractivity contribution in [1.29, 1.82) is 5.26 Å². The zero-order valence-corrected chi connectivity index (χ0v) is 7.76. The lowest BCUT2D eigenvalue weighted by molar-refractivity contribution is -0.151. The van der Waals surface area contributed by atoms with Crippen molar-refractivity contribution in [1.82, 2.24) is 0 Å². The van der Waals surface area contributed by atoms with E-state index in [-0.39, 0.29) is 5.97 Å². The van der Waals surface area contributed by atoms with Crippen molar-refractivity contribution in [2.24, 2.45) is 0 Å². The summed E-state index contributed by atoms with van der Waals surface area (Å²) < 4.78 is 4.87. The minimum Gasteiger partial charge on any atom is -0.444 e. The summed E-state index contributed by atoms with van der Waals surface area (Å²) in [5.74, 6) is -0.320. The van der Waals surface area contributed by atoms with Gasteiger partial charge in [-0.1, -0.05) is 6.92 Å². The Morgan fingerprint density at radius 1 is 1.67 bits per heavy atom. The van der Waals surface area contributed by atoms with Gasteiger partial charge in [-0.25, -0.2) is 0 Å². The highest BCUT2D eigenvalue weighted by molar-refractivity contribution is 5.70. The molecular weight excluding hydrogens is 154 g/mol. The van der Waals surface area contributed by atoms with Gasteiger partial charge in [0, 0.05) is 6.42 Å². The molecule has 67 valence electrons. The van der Waals surface area contributed by atoms with E-state index in [1.165, 1.54) is 0 Å². The molecule has 0 saturated heterocycles. The number of ether oxygens (including phenoxy) is 1. The Morgan fingerprint density at radius 3 is 2.67 bits per heavy atom. The number of esters is 1. The van der Waals surface area contributed by atoms with Crippen LogP contribution in [0, 0.1) is 17.8 Å². The van der Waals surface area contributed by atoms with Gasteiger partial charge in [0.1, 0.15) is 6.07 Å². The highest BCUT2D eigenvalue weighted by Gasteiger charge is 2.21. The third-order valence-electron chi connectivity index (χ3n) is 1.28. The average molecular weight is 168 g/mol. The maximum Gasteiger partial charge on any atom is 0.307 e. The first-order valence-electron chi connectivity index (χ1n) is 3.93.